The van der Waals surface area contributed by atoms with E-state index in [1.165, 1.54) is 0 Å². The van der Waals surface area contributed by atoms with Crippen LogP contribution in [0.4, 0.5) is 0 Å². The first-order chi connectivity index (χ1) is 14.3. The van der Waals surface area contributed by atoms with Crippen molar-refractivity contribution in [2.24, 2.45) is 0 Å². The highest BCUT2D eigenvalue weighted by Gasteiger charge is 2.07. The number of benzene rings is 4. The second-order valence-corrected chi connectivity index (χ2v) is 6.54. The van der Waals surface area contributed by atoms with Crippen molar-refractivity contribution in [1.82, 2.24) is 0 Å². The lowest BCUT2D eigenvalue weighted by atomic mass is 10.1. The molecule has 0 spiro atoms. The van der Waals surface area contributed by atoms with Crippen molar-refractivity contribution in [1.29, 1.82) is 0 Å². The Morgan fingerprint density at radius 1 is 0.517 bits per heavy atom. The van der Waals surface area contributed by atoms with Gasteiger partial charge in [0.25, 0.3) is 0 Å². The number of ether oxygens (including phenoxy) is 2. The van der Waals surface area contributed by atoms with Crippen molar-refractivity contribution in [3.05, 3.63) is 109 Å². The van der Waals surface area contributed by atoms with Crippen LogP contribution in [-0.2, 0) is 4.79 Å². The monoisotopic (exact) mass is 380 g/mol. The van der Waals surface area contributed by atoms with Crippen molar-refractivity contribution in [2.45, 2.75) is 0 Å². The zero-order chi connectivity index (χ0) is 19.9. The topological polar surface area (TPSA) is 35.5 Å². The molecule has 4 rings (SSSR count). The minimum atomic E-state index is -0.440. The first-order valence-electron chi connectivity index (χ1n) is 9.42. The van der Waals surface area contributed by atoms with Gasteiger partial charge in [-0.3, -0.25) is 0 Å². The van der Waals surface area contributed by atoms with Crippen molar-refractivity contribution in [3.8, 4) is 33.8 Å². The Morgan fingerprint density at radius 3 is 1.41 bits per heavy atom. The van der Waals surface area contributed by atoms with E-state index in [1.807, 2.05) is 84.9 Å². The molecule has 0 atom stereocenters. The molecule has 0 amide bonds. The van der Waals surface area contributed by atoms with Crippen molar-refractivity contribution in [2.75, 3.05) is 6.61 Å². The second-order valence-electron chi connectivity index (χ2n) is 6.54. The zero-order valence-electron chi connectivity index (χ0n) is 15.8. The number of hydrogen-bond donors (Lipinski definition) is 0. The van der Waals surface area contributed by atoms with E-state index in [0.717, 1.165) is 22.3 Å². The van der Waals surface area contributed by atoms with Gasteiger partial charge in [-0.2, -0.15) is 0 Å². The quantitative estimate of drug-likeness (QED) is 0.304. The second kappa shape index (κ2) is 8.89. The summed E-state index contributed by atoms with van der Waals surface area (Å²) in [5.41, 5.74) is 4.42. The highest BCUT2D eigenvalue weighted by molar-refractivity contribution is 5.74. The maximum absolute atomic E-state index is 12.1. The predicted octanol–water partition coefficient (Wildman–Crippen LogP) is 6.01. The normalized spacial score (nSPS) is 10.3. The summed E-state index contributed by atoms with van der Waals surface area (Å²) in [5, 5.41) is 0. The fraction of sp³-hybridized carbons (Fsp3) is 0.0385. The lowest BCUT2D eigenvalue weighted by molar-refractivity contribution is -0.136. The van der Waals surface area contributed by atoms with Crippen molar-refractivity contribution < 1.29 is 14.3 Å². The van der Waals surface area contributed by atoms with Crippen LogP contribution >= 0.6 is 0 Å². The molecule has 0 aromatic heterocycles. The molecule has 0 N–H and O–H groups in total. The van der Waals surface area contributed by atoms with Gasteiger partial charge in [0.15, 0.2) is 6.61 Å². The van der Waals surface area contributed by atoms with Gasteiger partial charge in [-0.1, -0.05) is 84.9 Å². The van der Waals surface area contributed by atoms with Crippen LogP contribution in [0, 0.1) is 0 Å². The molecule has 0 bridgehead atoms. The van der Waals surface area contributed by atoms with E-state index in [4.69, 9.17) is 9.47 Å². The van der Waals surface area contributed by atoms with Gasteiger partial charge in [-0.05, 0) is 46.5 Å². The number of esters is 1. The van der Waals surface area contributed by atoms with Crippen molar-refractivity contribution in [3.63, 3.8) is 0 Å². The Hall–Kier alpha value is -3.85. The molecule has 29 heavy (non-hydrogen) atoms. The molecule has 0 radical (unpaired) electrons. The average molecular weight is 380 g/mol. The van der Waals surface area contributed by atoms with Gasteiger partial charge in [-0.15, -0.1) is 0 Å². The molecule has 0 aliphatic carbocycles. The highest BCUT2D eigenvalue weighted by atomic mass is 16.6. The van der Waals surface area contributed by atoms with Gasteiger partial charge in [0, 0.05) is 0 Å². The van der Waals surface area contributed by atoms with E-state index in [2.05, 4.69) is 12.1 Å². The molecular formula is C26H20O3. The third-order valence-electron chi connectivity index (χ3n) is 4.51. The molecule has 3 nitrogen and oxygen atoms in total. The summed E-state index contributed by atoms with van der Waals surface area (Å²) in [6.45, 7) is -0.148. The number of hydrogen-bond acceptors (Lipinski definition) is 3. The summed E-state index contributed by atoms with van der Waals surface area (Å²) in [6.07, 6.45) is 0. The number of carbonyl (C=O) groups is 1. The first-order valence-corrected chi connectivity index (χ1v) is 9.42. The Balaban J connectivity index is 1.31. The largest absolute Gasteiger partial charge is 0.482 e. The van der Waals surface area contributed by atoms with Gasteiger partial charge < -0.3 is 9.47 Å². The first kappa shape index (κ1) is 18.5. The van der Waals surface area contributed by atoms with Crippen LogP contribution in [0.2, 0.25) is 0 Å². The molecule has 0 unspecified atom stereocenters. The Morgan fingerprint density at radius 2 is 0.931 bits per heavy atom. The summed E-state index contributed by atoms with van der Waals surface area (Å²) >= 11 is 0. The van der Waals surface area contributed by atoms with Crippen LogP contribution in [0.3, 0.4) is 0 Å². The molecule has 4 aromatic rings. The Bertz CT molecular complexity index is 1050. The number of carbonyl (C=O) groups excluding carboxylic acids is 1. The SMILES string of the molecule is O=C(COc1ccc(-c2ccccc2)cc1)Oc1ccc(-c2ccccc2)cc1. The van der Waals surface area contributed by atoms with Crippen LogP contribution in [0.5, 0.6) is 11.5 Å². The molecule has 0 aliphatic rings. The summed E-state index contributed by atoms with van der Waals surface area (Å²) in [7, 11) is 0. The third-order valence-corrected chi connectivity index (χ3v) is 4.51. The molecule has 0 fully saturated rings. The molecule has 0 saturated carbocycles. The smallest absolute Gasteiger partial charge is 0.349 e. The summed E-state index contributed by atoms with van der Waals surface area (Å²) in [5.74, 6) is 0.684. The standard InChI is InChI=1S/C26H20O3/c27-26(29-25-17-13-23(14-18-25)21-9-5-2-6-10-21)19-28-24-15-11-22(12-16-24)20-7-3-1-4-8-20/h1-18H,19H2. The Labute approximate surface area is 170 Å². The molecule has 4 aromatic carbocycles. The molecule has 0 saturated heterocycles. The van der Waals surface area contributed by atoms with E-state index < -0.39 is 5.97 Å². The highest BCUT2D eigenvalue weighted by Crippen LogP contribution is 2.23. The van der Waals surface area contributed by atoms with Gasteiger partial charge in [-0.25, -0.2) is 4.79 Å². The fourth-order valence-corrected chi connectivity index (χ4v) is 3.02. The number of rotatable bonds is 6. The third kappa shape index (κ3) is 4.90. The average Bonchev–Trinajstić information content (AvgIpc) is 2.80. The lowest BCUT2D eigenvalue weighted by Crippen LogP contribution is -2.17. The van der Waals surface area contributed by atoms with Crippen LogP contribution in [-0.4, -0.2) is 12.6 Å². The fourth-order valence-electron chi connectivity index (χ4n) is 3.02. The van der Waals surface area contributed by atoms with Gasteiger partial charge in [0.05, 0.1) is 0 Å². The van der Waals surface area contributed by atoms with E-state index in [9.17, 15) is 4.79 Å². The molecule has 0 heterocycles. The summed E-state index contributed by atoms with van der Waals surface area (Å²) in [6, 6.07) is 35.2. The summed E-state index contributed by atoms with van der Waals surface area (Å²) < 4.78 is 10.9. The van der Waals surface area contributed by atoms with E-state index in [0.29, 0.717) is 11.5 Å². The van der Waals surface area contributed by atoms with Crippen LogP contribution in [0.1, 0.15) is 0 Å². The van der Waals surface area contributed by atoms with E-state index in [1.54, 1.807) is 12.1 Å². The van der Waals surface area contributed by atoms with Gasteiger partial charge >= 0.3 is 5.97 Å². The minimum absolute atomic E-state index is 0.148. The lowest BCUT2D eigenvalue weighted by Gasteiger charge is -2.08. The minimum Gasteiger partial charge on any atom is -0.482 e. The van der Waals surface area contributed by atoms with Crippen LogP contribution in [0.15, 0.2) is 109 Å². The maximum atomic E-state index is 12.1. The van der Waals surface area contributed by atoms with E-state index in [-0.39, 0.29) is 6.61 Å². The van der Waals surface area contributed by atoms with Crippen LogP contribution in [0.25, 0.3) is 22.3 Å². The van der Waals surface area contributed by atoms with Crippen LogP contribution < -0.4 is 9.47 Å². The Kier molecular flexibility index (Phi) is 5.68. The predicted molar refractivity (Wildman–Crippen MR) is 115 cm³/mol. The van der Waals surface area contributed by atoms with Gasteiger partial charge in [0.1, 0.15) is 11.5 Å². The molecule has 3 heteroatoms. The summed E-state index contributed by atoms with van der Waals surface area (Å²) in [4.78, 5) is 12.1. The molecular weight excluding hydrogens is 360 g/mol. The molecule has 142 valence electrons. The van der Waals surface area contributed by atoms with E-state index >= 15 is 0 Å². The zero-order valence-corrected chi connectivity index (χ0v) is 15.8. The van der Waals surface area contributed by atoms with Gasteiger partial charge in [0.2, 0.25) is 0 Å². The van der Waals surface area contributed by atoms with Crippen molar-refractivity contribution >= 4 is 5.97 Å². The molecule has 0 aliphatic heterocycles. The maximum Gasteiger partial charge on any atom is 0.349 e.